The normalized spacial score (nSPS) is 11.1. The highest BCUT2D eigenvalue weighted by atomic mass is 32.2. The molecular weight excluding hydrogens is 312 g/mol. The Morgan fingerprint density at radius 2 is 1.67 bits per heavy atom. The van der Waals surface area contributed by atoms with Gasteiger partial charge in [-0.2, -0.15) is 0 Å². The monoisotopic (exact) mass is 338 g/mol. The molecule has 0 heterocycles. The zero-order valence-electron chi connectivity index (χ0n) is 14.6. The van der Waals surface area contributed by atoms with Gasteiger partial charge in [0.1, 0.15) is 0 Å². The number of thioether (sulfide) groups is 1. The number of ketones is 1. The van der Waals surface area contributed by atoms with Crippen LogP contribution in [-0.4, -0.2) is 11.5 Å². The van der Waals surface area contributed by atoms with Crippen molar-refractivity contribution in [2.75, 3.05) is 5.75 Å². The van der Waals surface area contributed by atoms with Crippen LogP contribution in [0.1, 0.15) is 54.6 Å². The van der Waals surface area contributed by atoms with E-state index in [1.54, 1.807) is 17.8 Å². The van der Waals surface area contributed by atoms with Gasteiger partial charge in [0.25, 0.3) is 0 Å². The summed E-state index contributed by atoms with van der Waals surface area (Å²) in [5.74, 6) is 1.09. The standard InChI is InChI=1S/C22H26OS/c1-3-5-6-7-18-8-10-19(11-9-18)12-17-22(23)20-13-15-21(16-14-20)24-4-2/h8-17H,3-7H2,1-2H3/b17-12+. The Morgan fingerprint density at radius 1 is 0.958 bits per heavy atom. The number of aryl methyl sites for hydroxylation is 1. The predicted octanol–water partition coefficient (Wildman–Crippen LogP) is 6.43. The Balaban J connectivity index is 1.93. The van der Waals surface area contributed by atoms with Crippen molar-refractivity contribution >= 4 is 23.6 Å². The minimum atomic E-state index is 0.0510. The molecule has 0 atom stereocenters. The van der Waals surface area contributed by atoms with Gasteiger partial charge in [0.2, 0.25) is 0 Å². The number of benzene rings is 2. The molecule has 24 heavy (non-hydrogen) atoms. The third-order valence-electron chi connectivity index (χ3n) is 3.93. The van der Waals surface area contributed by atoms with E-state index < -0.39 is 0 Å². The molecule has 2 heteroatoms. The Labute approximate surface area is 150 Å². The number of unbranched alkanes of at least 4 members (excludes halogenated alkanes) is 2. The first kappa shape index (κ1) is 18.5. The van der Waals surface area contributed by atoms with E-state index in [9.17, 15) is 4.79 Å². The second-order valence-corrected chi connectivity index (χ2v) is 7.19. The SMILES string of the molecule is CCCCCc1ccc(/C=C/C(=O)c2ccc(SCC)cc2)cc1. The Kier molecular flexibility index (Phi) is 7.84. The highest BCUT2D eigenvalue weighted by molar-refractivity contribution is 7.99. The first-order valence-corrected chi connectivity index (χ1v) is 9.75. The molecule has 0 aromatic heterocycles. The van der Waals surface area contributed by atoms with Crippen molar-refractivity contribution in [3.05, 3.63) is 71.3 Å². The van der Waals surface area contributed by atoms with Crippen molar-refractivity contribution in [1.82, 2.24) is 0 Å². The van der Waals surface area contributed by atoms with E-state index in [1.165, 1.54) is 29.7 Å². The van der Waals surface area contributed by atoms with Gasteiger partial charge in [0, 0.05) is 10.5 Å². The van der Waals surface area contributed by atoms with Gasteiger partial charge >= 0.3 is 0 Å². The molecule has 0 aliphatic rings. The molecule has 0 radical (unpaired) electrons. The molecule has 126 valence electrons. The van der Waals surface area contributed by atoms with Gasteiger partial charge in [-0.3, -0.25) is 4.79 Å². The summed E-state index contributed by atoms with van der Waals surface area (Å²) in [5, 5.41) is 0. The lowest BCUT2D eigenvalue weighted by Gasteiger charge is -2.02. The van der Waals surface area contributed by atoms with E-state index in [-0.39, 0.29) is 5.78 Å². The topological polar surface area (TPSA) is 17.1 Å². The van der Waals surface area contributed by atoms with Crippen LogP contribution in [0.15, 0.2) is 59.5 Å². The van der Waals surface area contributed by atoms with Crippen molar-refractivity contribution in [3.8, 4) is 0 Å². The van der Waals surface area contributed by atoms with E-state index in [4.69, 9.17) is 0 Å². The lowest BCUT2D eigenvalue weighted by molar-refractivity contribution is 0.104. The van der Waals surface area contributed by atoms with E-state index >= 15 is 0 Å². The molecule has 0 fully saturated rings. The van der Waals surface area contributed by atoms with Crippen LogP contribution < -0.4 is 0 Å². The van der Waals surface area contributed by atoms with Crippen molar-refractivity contribution in [3.63, 3.8) is 0 Å². The lowest BCUT2D eigenvalue weighted by Crippen LogP contribution is -1.93. The van der Waals surface area contributed by atoms with Crippen LogP contribution in [0, 0.1) is 0 Å². The van der Waals surface area contributed by atoms with E-state index in [2.05, 4.69) is 38.1 Å². The van der Waals surface area contributed by atoms with Gasteiger partial charge in [-0.15, -0.1) is 11.8 Å². The average molecular weight is 339 g/mol. The smallest absolute Gasteiger partial charge is 0.185 e. The number of carbonyl (C=O) groups excluding carboxylic acids is 1. The summed E-state index contributed by atoms with van der Waals surface area (Å²) in [6, 6.07) is 16.3. The fraction of sp³-hybridized carbons (Fsp3) is 0.318. The third-order valence-corrected chi connectivity index (χ3v) is 4.82. The summed E-state index contributed by atoms with van der Waals surface area (Å²) in [6.07, 6.45) is 8.48. The highest BCUT2D eigenvalue weighted by Crippen LogP contribution is 2.18. The van der Waals surface area contributed by atoms with Crippen LogP contribution in [0.5, 0.6) is 0 Å². The highest BCUT2D eigenvalue weighted by Gasteiger charge is 2.02. The van der Waals surface area contributed by atoms with Gasteiger partial charge < -0.3 is 0 Å². The lowest BCUT2D eigenvalue weighted by atomic mass is 10.0. The van der Waals surface area contributed by atoms with Gasteiger partial charge in [-0.05, 0) is 60.1 Å². The zero-order valence-corrected chi connectivity index (χ0v) is 15.4. The van der Waals surface area contributed by atoms with Crippen LogP contribution in [0.2, 0.25) is 0 Å². The average Bonchev–Trinajstić information content (AvgIpc) is 2.62. The number of carbonyl (C=O) groups is 1. The first-order valence-electron chi connectivity index (χ1n) is 8.77. The summed E-state index contributed by atoms with van der Waals surface area (Å²) in [5.41, 5.74) is 3.18. The minimum Gasteiger partial charge on any atom is -0.289 e. The molecule has 2 aromatic rings. The Hall–Kier alpha value is -1.80. The molecule has 0 saturated carbocycles. The van der Waals surface area contributed by atoms with Crippen LogP contribution in [0.4, 0.5) is 0 Å². The summed E-state index contributed by atoms with van der Waals surface area (Å²) >= 11 is 1.78. The molecule has 0 spiro atoms. The number of hydrogen-bond acceptors (Lipinski definition) is 2. The molecule has 2 rings (SSSR count). The predicted molar refractivity (Wildman–Crippen MR) is 106 cm³/mol. The number of rotatable bonds is 9. The fourth-order valence-corrected chi connectivity index (χ4v) is 3.19. The van der Waals surface area contributed by atoms with E-state index in [0.29, 0.717) is 0 Å². The number of hydrogen-bond donors (Lipinski definition) is 0. The van der Waals surface area contributed by atoms with Crippen molar-refractivity contribution < 1.29 is 4.79 Å². The summed E-state index contributed by atoms with van der Waals surface area (Å²) in [6.45, 7) is 4.35. The Morgan fingerprint density at radius 3 is 2.29 bits per heavy atom. The van der Waals surface area contributed by atoms with Crippen molar-refractivity contribution in [2.24, 2.45) is 0 Å². The second-order valence-electron chi connectivity index (χ2n) is 5.85. The zero-order chi connectivity index (χ0) is 17.2. The van der Waals surface area contributed by atoms with Gasteiger partial charge in [-0.1, -0.05) is 57.0 Å². The largest absolute Gasteiger partial charge is 0.289 e. The molecule has 0 aliphatic carbocycles. The second kappa shape index (κ2) is 10.1. The summed E-state index contributed by atoms with van der Waals surface area (Å²) in [4.78, 5) is 13.4. The van der Waals surface area contributed by atoms with Crippen LogP contribution in [-0.2, 0) is 6.42 Å². The maximum absolute atomic E-state index is 12.2. The van der Waals surface area contributed by atoms with Gasteiger partial charge in [0.15, 0.2) is 5.78 Å². The maximum atomic E-state index is 12.2. The molecule has 0 N–H and O–H groups in total. The van der Waals surface area contributed by atoms with Crippen LogP contribution in [0.3, 0.4) is 0 Å². The number of allylic oxidation sites excluding steroid dienone is 1. The molecule has 0 bridgehead atoms. The fourth-order valence-electron chi connectivity index (χ4n) is 2.52. The molecule has 0 unspecified atom stereocenters. The Bertz CT molecular complexity index is 653. The van der Waals surface area contributed by atoms with Crippen LogP contribution in [0.25, 0.3) is 6.08 Å². The quantitative estimate of drug-likeness (QED) is 0.227. The minimum absolute atomic E-state index is 0.0510. The van der Waals surface area contributed by atoms with Gasteiger partial charge in [-0.25, -0.2) is 0 Å². The molecule has 0 amide bonds. The molecule has 0 saturated heterocycles. The van der Waals surface area contributed by atoms with Gasteiger partial charge in [0.05, 0.1) is 0 Å². The maximum Gasteiger partial charge on any atom is 0.185 e. The van der Waals surface area contributed by atoms with E-state index in [1.807, 2.05) is 30.3 Å². The first-order chi connectivity index (χ1) is 11.7. The van der Waals surface area contributed by atoms with Crippen molar-refractivity contribution in [2.45, 2.75) is 44.4 Å². The molecular formula is C22H26OS. The molecule has 2 aromatic carbocycles. The molecule has 0 aliphatic heterocycles. The van der Waals surface area contributed by atoms with E-state index in [0.717, 1.165) is 23.3 Å². The third kappa shape index (κ3) is 6.01. The summed E-state index contributed by atoms with van der Waals surface area (Å²) < 4.78 is 0. The summed E-state index contributed by atoms with van der Waals surface area (Å²) in [7, 11) is 0. The van der Waals surface area contributed by atoms with Crippen molar-refractivity contribution in [1.29, 1.82) is 0 Å². The molecule has 1 nitrogen and oxygen atoms in total. The van der Waals surface area contributed by atoms with Crippen LogP contribution >= 0.6 is 11.8 Å².